The summed E-state index contributed by atoms with van der Waals surface area (Å²) in [5, 5.41) is 0. The molecule has 0 saturated heterocycles. The maximum atomic E-state index is 5.82. The predicted octanol–water partition coefficient (Wildman–Crippen LogP) is 2.67. The summed E-state index contributed by atoms with van der Waals surface area (Å²) in [4.78, 5) is 4.20. The molecule has 16 heavy (non-hydrogen) atoms. The van der Waals surface area contributed by atoms with Gasteiger partial charge in [-0.1, -0.05) is 12.8 Å². The number of ether oxygens (including phenoxy) is 1. The van der Waals surface area contributed by atoms with Crippen LogP contribution in [0.5, 0.6) is 5.88 Å². The van der Waals surface area contributed by atoms with E-state index in [4.69, 9.17) is 10.5 Å². The predicted molar refractivity (Wildman–Crippen MR) is 64.3 cm³/mol. The number of nitrogens with two attached hydrogens (primary N) is 1. The molecule has 2 rings (SSSR count). The van der Waals surface area contributed by atoms with Crippen LogP contribution in [-0.4, -0.2) is 11.6 Å². The molecule has 88 valence electrons. The summed E-state index contributed by atoms with van der Waals surface area (Å²) >= 11 is 0. The smallest absolute Gasteiger partial charge is 0.213 e. The highest BCUT2D eigenvalue weighted by Gasteiger charge is 2.15. The first-order valence-electron chi connectivity index (χ1n) is 6.10. The molecule has 1 atom stereocenters. The number of rotatable bonds is 4. The van der Waals surface area contributed by atoms with Gasteiger partial charge in [-0.05, 0) is 37.3 Å². The second-order valence-corrected chi connectivity index (χ2v) is 4.68. The molecule has 1 saturated carbocycles. The van der Waals surface area contributed by atoms with Crippen molar-refractivity contribution in [2.75, 3.05) is 6.61 Å². The monoisotopic (exact) mass is 220 g/mol. The number of aromatic nitrogens is 1. The molecule has 1 aromatic heterocycles. The fourth-order valence-electron chi connectivity index (χ4n) is 2.17. The summed E-state index contributed by atoms with van der Waals surface area (Å²) in [6.07, 6.45) is 7.06. The largest absolute Gasteiger partial charge is 0.477 e. The van der Waals surface area contributed by atoms with Gasteiger partial charge in [0.25, 0.3) is 0 Å². The average molecular weight is 220 g/mol. The Kier molecular flexibility index (Phi) is 3.78. The zero-order valence-corrected chi connectivity index (χ0v) is 9.86. The molecule has 1 aliphatic carbocycles. The van der Waals surface area contributed by atoms with Gasteiger partial charge in [0.05, 0.1) is 6.61 Å². The van der Waals surface area contributed by atoms with Gasteiger partial charge in [-0.15, -0.1) is 0 Å². The summed E-state index contributed by atoms with van der Waals surface area (Å²) in [6.45, 7) is 2.77. The second kappa shape index (κ2) is 5.30. The van der Waals surface area contributed by atoms with Gasteiger partial charge in [-0.3, -0.25) is 0 Å². The topological polar surface area (TPSA) is 48.1 Å². The first kappa shape index (κ1) is 11.4. The Morgan fingerprint density at radius 3 is 2.94 bits per heavy atom. The van der Waals surface area contributed by atoms with Crippen molar-refractivity contribution in [3.63, 3.8) is 0 Å². The zero-order chi connectivity index (χ0) is 11.4. The van der Waals surface area contributed by atoms with E-state index < -0.39 is 0 Å². The average Bonchev–Trinajstić information content (AvgIpc) is 2.79. The van der Waals surface area contributed by atoms with Gasteiger partial charge in [0.1, 0.15) is 0 Å². The molecule has 0 aliphatic heterocycles. The molecular formula is C13H20N2O. The van der Waals surface area contributed by atoms with Crippen molar-refractivity contribution in [1.82, 2.24) is 4.98 Å². The van der Waals surface area contributed by atoms with E-state index >= 15 is 0 Å². The third-order valence-electron chi connectivity index (χ3n) is 3.23. The van der Waals surface area contributed by atoms with Gasteiger partial charge in [-0.25, -0.2) is 4.98 Å². The van der Waals surface area contributed by atoms with Crippen LogP contribution in [0.25, 0.3) is 0 Å². The lowest BCUT2D eigenvalue weighted by atomic mass is 10.1. The van der Waals surface area contributed by atoms with Crippen LogP contribution in [0.1, 0.15) is 44.2 Å². The van der Waals surface area contributed by atoms with Gasteiger partial charge < -0.3 is 10.5 Å². The number of hydrogen-bond acceptors (Lipinski definition) is 3. The number of hydrogen-bond donors (Lipinski definition) is 1. The van der Waals surface area contributed by atoms with Crippen LogP contribution in [0.4, 0.5) is 0 Å². The third kappa shape index (κ3) is 2.95. The Balaban J connectivity index is 1.90. The molecule has 0 aromatic carbocycles. The standard InChI is InChI=1S/C13H20N2O/c1-10(14)12-6-7-15-13(8-12)16-9-11-4-2-3-5-11/h6-8,10-11H,2-5,9,14H2,1H3. The third-order valence-corrected chi connectivity index (χ3v) is 3.23. The van der Waals surface area contributed by atoms with Crippen molar-refractivity contribution >= 4 is 0 Å². The minimum atomic E-state index is 0.0387. The van der Waals surface area contributed by atoms with Crippen molar-refractivity contribution in [2.24, 2.45) is 11.7 Å². The molecule has 3 nitrogen and oxygen atoms in total. The molecule has 0 spiro atoms. The van der Waals surface area contributed by atoms with Crippen LogP contribution in [-0.2, 0) is 0 Å². The Morgan fingerprint density at radius 1 is 1.50 bits per heavy atom. The Morgan fingerprint density at radius 2 is 2.25 bits per heavy atom. The van der Waals surface area contributed by atoms with Crippen LogP contribution >= 0.6 is 0 Å². The van der Waals surface area contributed by atoms with Crippen molar-refractivity contribution < 1.29 is 4.74 Å². The van der Waals surface area contributed by atoms with Crippen LogP contribution in [0.3, 0.4) is 0 Å². The fourth-order valence-corrected chi connectivity index (χ4v) is 2.17. The van der Waals surface area contributed by atoms with E-state index in [0.29, 0.717) is 5.88 Å². The second-order valence-electron chi connectivity index (χ2n) is 4.68. The van der Waals surface area contributed by atoms with E-state index in [0.717, 1.165) is 18.1 Å². The first-order valence-corrected chi connectivity index (χ1v) is 6.10. The molecule has 0 radical (unpaired) electrons. The Hall–Kier alpha value is -1.09. The van der Waals surface area contributed by atoms with E-state index in [1.807, 2.05) is 19.1 Å². The van der Waals surface area contributed by atoms with Crippen molar-refractivity contribution in [3.8, 4) is 5.88 Å². The number of pyridine rings is 1. The minimum absolute atomic E-state index is 0.0387. The molecule has 3 heteroatoms. The van der Waals surface area contributed by atoms with Crippen LogP contribution in [0.2, 0.25) is 0 Å². The SMILES string of the molecule is CC(N)c1ccnc(OCC2CCCC2)c1. The Labute approximate surface area is 97.0 Å². The first-order chi connectivity index (χ1) is 7.75. The van der Waals surface area contributed by atoms with Crippen LogP contribution in [0.15, 0.2) is 18.3 Å². The maximum absolute atomic E-state index is 5.82. The summed E-state index contributed by atoms with van der Waals surface area (Å²) in [5.74, 6) is 1.43. The molecule has 1 heterocycles. The van der Waals surface area contributed by atoms with Crippen molar-refractivity contribution in [1.29, 1.82) is 0 Å². The van der Waals surface area contributed by atoms with E-state index in [1.165, 1.54) is 25.7 Å². The molecule has 0 amide bonds. The molecule has 1 unspecified atom stereocenters. The van der Waals surface area contributed by atoms with Gasteiger partial charge >= 0.3 is 0 Å². The molecule has 0 bridgehead atoms. The van der Waals surface area contributed by atoms with Crippen LogP contribution < -0.4 is 10.5 Å². The zero-order valence-electron chi connectivity index (χ0n) is 9.86. The van der Waals surface area contributed by atoms with E-state index in [1.54, 1.807) is 6.20 Å². The van der Waals surface area contributed by atoms with Crippen molar-refractivity contribution in [2.45, 2.75) is 38.6 Å². The molecule has 1 fully saturated rings. The lowest BCUT2D eigenvalue weighted by molar-refractivity contribution is 0.243. The summed E-state index contributed by atoms with van der Waals surface area (Å²) in [5.41, 5.74) is 6.90. The highest BCUT2D eigenvalue weighted by Crippen LogP contribution is 2.25. The van der Waals surface area contributed by atoms with Gasteiger partial charge in [-0.2, -0.15) is 0 Å². The van der Waals surface area contributed by atoms with Gasteiger partial charge in [0.15, 0.2) is 0 Å². The quantitative estimate of drug-likeness (QED) is 0.848. The molecule has 1 aliphatic rings. The van der Waals surface area contributed by atoms with Crippen molar-refractivity contribution in [3.05, 3.63) is 23.9 Å². The highest BCUT2D eigenvalue weighted by molar-refractivity contribution is 5.22. The molecule has 1 aromatic rings. The van der Waals surface area contributed by atoms with E-state index in [-0.39, 0.29) is 6.04 Å². The summed E-state index contributed by atoms with van der Waals surface area (Å²) in [6, 6.07) is 3.92. The summed E-state index contributed by atoms with van der Waals surface area (Å²) < 4.78 is 5.71. The lowest BCUT2D eigenvalue weighted by Crippen LogP contribution is -2.10. The van der Waals surface area contributed by atoms with E-state index in [9.17, 15) is 0 Å². The van der Waals surface area contributed by atoms with Gasteiger partial charge in [0.2, 0.25) is 5.88 Å². The lowest BCUT2D eigenvalue weighted by Gasteiger charge is -2.12. The fraction of sp³-hybridized carbons (Fsp3) is 0.615. The van der Waals surface area contributed by atoms with Crippen LogP contribution in [0, 0.1) is 5.92 Å². The number of nitrogens with zero attached hydrogens (tertiary/aromatic N) is 1. The van der Waals surface area contributed by atoms with Gasteiger partial charge in [0, 0.05) is 18.3 Å². The van der Waals surface area contributed by atoms with E-state index in [2.05, 4.69) is 4.98 Å². The normalized spacial score (nSPS) is 18.6. The summed E-state index contributed by atoms with van der Waals surface area (Å²) in [7, 11) is 0. The highest BCUT2D eigenvalue weighted by atomic mass is 16.5. The molecular weight excluding hydrogens is 200 g/mol. The Bertz CT molecular complexity index is 332. The molecule has 2 N–H and O–H groups in total. The minimum Gasteiger partial charge on any atom is -0.477 e. The maximum Gasteiger partial charge on any atom is 0.213 e.